The van der Waals surface area contributed by atoms with Crippen LogP contribution < -0.4 is 9.47 Å². The van der Waals surface area contributed by atoms with E-state index in [-0.39, 0.29) is 21.7 Å². The van der Waals surface area contributed by atoms with Gasteiger partial charge in [-0.1, -0.05) is 244 Å². The molecule has 6 aromatic carbocycles. The van der Waals surface area contributed by atoms with Gasteiger partial charge < -0.3 is 9.47 Å². The van der Waals surface area contributed by atoms with E-state index in [1.807, 2.05) is 73.1 Å². The predicted octanol–water partition coefficient (Wildman–Crippen LogP) is 22.0. The van der Waals surface area contributed by atoms with Gasteiger partial charge in [0.25, 0.3) is 0 Å². The minimum absolute atomic E-state index is 0.00935. The van der Waals surface area contributed by atoms with Crippen LogP contribution in [0.2, 0.25) is 15.1 Å². The van der Waals surface area contributed by atoms with Crippen molar-refractivity contribution >= 4 is 56.6 Å². The summed E-state index contributed by atoms with van der Waals surface area (Å²) in [5.41, 5.74) is 8.04. The summed E-state index contributed by atoms with van der Waals surface area (Å²) in [6, 6.07) is 46.1. The lowest BCUT2D eigenvalue weighted by Gasteiger charge is -2.24. The van der Waals surface area contributed by atoms with E-state index < -0.39 is 17.2 Å². The Labute approximate surface area is 487 Å². The second-order valence-corrected chi connectivity index (χ2v) is 26.6. The minimum atomic E-state index is -4.26. The number of hydrogen-bond acceptors (Lipinski definition) is 4. The van der Waals surface area contributed by atoms with E-state index in [1.165, 1.54) is 34.2 Å². The van der Waals surface area contributed by atoms with E-state index in [2.05, 4.69) is 174 Å². The number of ether oxygens (including phenoxy) is 2. The summed E-state index contributed by atoms with van der Waals surface area (Å²) >= 11 is 18.3. The Morgan fingerprint density at radius 1 is 0.329 bits per heavy atom. The first kappa shape index (κ1) is 67.7. The average Bonchev–Trinajstić information content (AvgIpc) is 3.35. The summed E-state index contributed by atoms with van der Waals surface area (Å²) < 4.78 is 48.4. The van der Waals surface area contributed by atoms with Crippen LogP contribution in [0.25, 0.3) is 21.8 Å². The Hall–Kier alpha value is -5.60. The third-order valence-corrected chi connectivity index (χ3v) is 13.5. The van der Waals surface area contributed by atoms with Crippen LogP contribution in [0, 0.1) is 0 Å². The van der Waals surface area contributed by atoms with Crippen molar-refractivity contribution in [2.45, 2.75) is 163 Å². The van der Waals surface area contributed by atoms with Crippen LogP contribution in [-0.2, 0) is 38.7 Å². The molecule has 0 unspecified atom stereocenters. The molecule has 8 rings (SSSR count). The van der Waals surface area contributed by atoms with Crippen LogP contribution >= 0.6 is 34.8 Å². The van der Waals surface area contributed by atoms with Gasteiger partial charge in [-0.2, -0.15) is 13.2 Å². The third-order valence-electron chi connectivity index (χ3n) is 12.5. The number of nitrogens with zero attached hydrogens (tertiary/aromatic N) is 2. The number of pyridine rings is 2. The summed E-state index contributed by atoms with van der Waals surface area (Å²) in [6.45, 7) is 37.9. The normalized spacial score (nSPS) is 11.9. The molecular weight excluding hydrogens is 1050 g/mol. The van der Waals surface area contributed by atoms with Crippen molar-refractivity contribution in [2.24, 2.45) is 0 Å². The first-order valence-corrected chi connectivity index (χ1v) is 27.7. The number of rotatable bonds is 2. The summed E-state index contributed by atoms with van der Waals surface area (Å²) in [7, 11) is 3.37. The highest BCUT2D eigenvalue weighted by atomic mass is 35.5. The van der Waals surface area contributed by atoms with Gasteiger partial charge in [0.05, 0.1) is 30.8 Å². The van der Waals surface area contributed by atoms with Gasteiger partial charge in [-0.3, -0.25) is 9.97 Å². The zero-order chi connectivity index (χ0) is 60.0. The topological polar surface area (TPSA) is 44.2 Å². The Kier molecular flexibility index (Phi) is 24.2. The number of aromatic nitrogens is 2. The quantitative estimate of drug-likeness (QED) is 0.173. The fourth-order valence-corrected chi connectivity index (χ4v) is 10.2. The predicted molar refractivity (Wildman–Crippen MR) is 335 cm³/mol. The molecule has 2 heterocycles. The molecule has 0 aliphatic carbocycles. The first-order valence-electron chi connectivity index (χ1n) is 26.6. The molecule has 10 heteroatoms. The molecule has 79 heavy (non-hydrogen) atoms. The maximum absolute atomic E-state index is 12.6. The lowest BCUT2D eigenvalue weighted by Crippen LogP contribution is -2.19. The molecule has 0 amide bonds. The lowest BCUT2D eigenvalue weighted by atomic mass is 9.83. The van der Waals surface area contributed by atoms with Gasteiger partial charge in [0.15, 0.2) is 0 Å². The third kappa shape index (κ3) is 20.5. The van der Waals surface area contributed by atoms with Crippen LogP contribution in [0.4, 0.5) is 13.2 Å². The number of halogens is 6. The van der Waals surface area contributed by atoms with E-state index >= 15 is 0 Å². The number of methoxy groups -OCH3 is 2. The number of alkyl halides is 3. The molecule has 0 bridgehead atoms. The highest BCUT2D eigenvalue weighted by molar-refractivity contribution is 6.36. The maximum Gasteiger partial charge on any atom is 0.416 e. The molecule has 0 spiro atoms. The van der Waals surface area contributed by atoms with Crippen LogP contribution in [0.1, 0.15) is 164 Å². The number of fused-ring (bicyclic) bond motifs is 2. The van der Waals surface area contributed by atoms with E-state index in [4.69, 9.17) is 44.3 Å². The SMILES string of the molecule is CC(C)(C)c1c(Cl)ccc2ncccc12.CC(C)(C)c1c(Cl)cccc1Cl.CC(C)(C)c1cccc2ncccc12.CC(C)(C)c1ccccc1.CC(C)(C)c1ccccc1C(F)(F)F.COc1cccc(OC)c1C(C)(C)C. The minimum Gasteiger partial charge on any atom is -0.496 e. The van der Waals surface area contributed by atoms with Crippen LogP contribution in [0.3, 0.4) is 0 Å². The summed E-state index contributed by atoms with van der Waals surface area (Å²) in [5.74, 6) is 1.77. The van der Waals surface area contributed by atoms with Crippen molar-refractivity contribution in [3.63, 3.8) is 0 Å². The lowest BCUT2D eigenvalue weighted by molar-refractivity contribution is -0.138. The molecule has 0 radical (unpaired) electrons. The molecule has 0 atom stereocenters. The van der Waals surface area contributed by atoms with Gasteiger partial charge in [0.2, 0.25) is 0 Å². The summed E-state index contributed by atoms with van der Waals surface area (Å²) in [5, 5.41) is 4.73. The summed E-state index contributed by atoms with van der Waals surface area (Å²) in [6.07, 6.45) is -0.610. The van der Waals surface area contributed by atoms with Crippen LogP contribution in [0.15, 0.2) is 158 Å². The highest BCUT2D eigenvalue weighted by Gasteiger charge is 2.36. The molecule has 0 aliphatic heterocycles. The van der Waals surface area contributed by atoms with E-state index in [0.29, 0.717) is 11.0 Å². The molecule has 4 nitrogen and oxygen atoms in total. The smallest absolute Gasteiger partial charge is 0.416 e. The van der Waals surface area contributed by atoms with Gasteiger partial charge in [0.1, 0.15) is 11.5 Å². The van der Waals surface area contributed by atoms with Crippen molar-refractivity contribution in [3.8, 4) is 11.5 Å². The van der Waals surface area contributed by atoms with Crippen molar-refractivity contribution in [2.75, 3.05) is 14.2 Å². The molecular formula is C69H86Cl3F3N2O2. The first-order chi connectivity index (χ1) is 36.3. The maximum atomic E-state index is 12.6. The molecule has 8 aromatic rings. The molecule has 0 aliphatic rings. The largest absolute Gasteiger partial charge is 0.496 e. The van der Waals surface area contributed by atoms with Gasteiger partial charge in [0, 0.05) is 43.8 Å². The monoisotopic (exact) mass is 1140 g/mol. The second-order valence-electron chi connectivity index (χ2n) is 25.4. The molecule has 0 fully saturated rings. The Morgan fingerprint density at radius 3 is 1.11 bits per heavy atom. The van der Waals surface area contributed by atoms with Gasteiger partial charge in [-0.05, 0) is 121 Å². The molecule has 2 aromatic heterocycles. The van der Waals surface area contributed by atoms with Crippen LogP contribution in [0.5, 0.6) is 11.5 Å². The molecule has 0 saturated carbocycles. The Bertz CT molecular complexity index is 3090. The summed E-state index contributed by atoms with van der Waals surface area (Å²) in [4.78, 5) is 8.69. The number of benzene rings is 6. The van der Waals surface area contributed by atoms with Gasteiger partial charge >= 0.3 is 6.18 Å². The van der Waals surface area contributed by atoms with Crippen molar-refractivity contribution in [1.29, 1.82) is 0 Å². The fourth-order valence-electron chi connectivity index (χ4n) is 8.77. The van der Waals surface area contributed by atoms with E-state index in [1.54, 1.807) is 41.1 Å². The molecule has 0 saturated heterocycles. The number of hydrogen-bond donors (Lipinski definition) is 0. The van der Waals surface area contributed by atoms with Crippen molar-refractivity contribution in [3.05, 3.63) is 212 Å². The standard InChI is InChI=1S/C13H14ClN.C13H15N.C12H18O2.C11H13F3.C10H12Cl2.C10H14/c1-13(2,3)12-9-5-4-8-15-11(9)7-6-10(12)14;1-13(2,3)11-7-4-8-12-10(11)6-5-9-14-12;1-12(2,3)11-9(13-4)7-6-8-10(11)14-5;1-10(2,3)8-6-4-5-7-9(8)11(12,13)14;1-10(2,3)9-7(11)5-4-6-8(9)12;1-10(2,3)9-7-5-4-6-8-9/h4-8H,1-3H3;4-9H,1-3H3;6-8H,1-5H3;4-7H,1-3H3;4-6H,1-3H3;4-8H,1-3H3. The zero-order valence-electron chi connectivity index (χ0n) is 50.5. The van der Waals surface area contributed by atoms with E-state index in [0.717, 1.165) is 60.2 Å². The zero-order valence-corrected chi connectivity index (χ0v) is 52.8. The second kappa shape index (κ2) is 28.2. The molecule has 426 valence electrons. The van der Waals surface area contributed by atoms with Gasteiger partial charge in [-0.25, -0.2) is 0 Å². The Balaban J connectivity index is 0.000000250. The Morgan fingerprint density at radius 2 is 0.722 bits per heavy atom. The van der Waals surface area contributed by atoms with Crippen LogP contribution in [-0.4, -0.2) is 24.2 Å². The average molecular weight is 1140 g/mol. The highest BCUT2D eigenvalue weighted by Crippen LogP contribution is 2.40. The van der Waals surface area contributed by atoms with E-state index in [9.17, 15) is 13.2 Å². The molecule has 0 N–H and O–H groups in total. The van der Waals surface area contributed by atoms with Crippen molar-refractivity contribution < 1.29 is 22.6 Å². The van der Waals surface area contributed by atoms with Crippen molar-refractivity contribution in [1.82, 2.24) is 9.97 Å². The fraction of sp³-hybridized carbons (Fsp3) is 0.391. The van der Waals surface area contributed by atoms with Gasteiger partial charge in [-0.15, -0.1) is 0 Å².